The molecular formula is C30H38N6O. The van der Waals surface area contributed by atoms with Crippen molar-refractivity contribution < 1.29 is 4.74 Å². The number of nitrogens with one attached hydrogen (secondary N) is 1. The molecule has 1 saturated heterocycles. The summed E-state index contributed by atoms with van der Waals surface area (Å²) in [6, 6.07) is 17.9. The topological polar surface area (TPSA) is 62.2 Å². The fourth-order valence-corrected chi connectivity index (χ4v) is 6.16. The highest BCUT2D eigenvalue weighted by Crippen LogP contribution is 2.32. The van der Waals surface area contributed by atoms with Crippen LogP contribution in [0.1, 0.15) is 50.0 Å². The largest absolute Gasteiger partial charge is 0.496 e. The van der Waals surface area contributed by atoms with Crippen LogP contribution in [0.3, 0.4) is 0 Å². The summed E-state index contributed by atoms with van der Waals surface area (Å²) in [6.45, 7) is 8.35. The van der Waals surface area contributed by atoms with Crippen LogP contribution in [-0.4, -0.2) is 75.4 Å². The first-order chi connectivity index (χ1) is 18.2. The summed E-state index contributed by atoms with van der Waals surface area (Å²) in [4.78, 5) is 13.6. The van der Waals surface area contributed by atoms with E-state index in [1.807, 2.05) is 18.2 Å². The van der Waals surface area contributed by atoms with Gasteiger partial charge in [-0.3, -0.25) is 9.58 Å². The minimum absolute atomic E-state index is 0.505. The number of methoxy groups -OCH3 is 1. The number of fused-ring (bicyclic) bond motifs is 1. The van der Waals surface area contributed by atoms with E-state index in [0.29, 0.717) is 12.5 Å². The lowest BCUT2D eigenvalue weighted by Crippen LogP contribution is -2.51. The van der Waals surface area contributed by atoms with E-state index < -0.39 is 0 Å². The van der Waals surface area contributed by atoms with Crippen molar-refractivity contribution in [2.24, 2.45) is 0 Å². The van der Waals surface area contributed by atoms with Crippen LogP contribution in [0.5, 0.6) is 5.75 Å². The number of H-pyrrole nitrogens is 1. The molecule has 6 rings (SSSR count). The predicted octanol–water partition coefficient (Wildman–Crippen LogP) is 5.15. The number of imidazole rings is 1. The number of hydrogen-bond acceptors (Lipinski definition) is 5. The number of nitrogens with zero attached hydrogens (tertiary/aromatic N) is 5. The SMILES string of the molecule is CCN1CCN(C2CCC(n3ccc(-c4ccc5nc(Cc6ccccc6OC)[nH]c5c4)n3)CC2)CC1. The molecule has 7 heteroatoms. The van der Waals surface area contributed by atoms with Crippen LogP contribution in [0.25, 0.3) is 22.3 Å². The van der Waals surface area contributed by atoms with E-state index >= 15 is 0 Å². The van der Waals surface area contributed by atoms with E-state index in [1.54, 1.807) is 7.11 Å². The Hall–Kier alpha value is -3.16. The van der Waals surface area contributed by atoms with Crippen LogP contribution < -0.4 is 4.74 Å². The first-order valence-corrected chi connectivity index (χ1v) is 13.8. The van der Waals surface area contributed by atoms with Crippen molar-refractivity contribution in [2.45, 2.75) is 51.1 Å². The van der Waals surface area contributed by atoms with Crippen LogP contribution in [0.2, 0.25) is 0 Å². The number of benzene rings is 2. The summed E-state index contributed by atoms with van der Waals surface area (Å²) < 4.78 is 7.72. The van der Waals surface area contributed by atoms with E-state index in [2.05, 4.69) is 62.9 Å². The van der Waals surface area contributed by atoms with Crippen LogP contribution in [0.4, 0.5) is 0 Å². The Morgan fingerprint density at radius 3 is 2.51 bits per heavy atom. The molecule has 2 fully saturated rings. The number of aromatic amines is 1. The highest BCUT2D eigenvalue weighted by atomic mass is 16.5. The van der Waals surface area contributed by atoms with Gasteiger partial charge in [0.1, 0.15) is 11.6 Å². The fraction of sp³-hybridized carbons (Fsp3) is 0.467. The number of para-hydroxylation sites is 1. The summed E-state index contributed by atoms with van der Waals surface area (Å²) in [5.74, 6) is 1.83. The zero-order valence-corrected chi connectivity index (χ0v) is 22.1. The van der Waals surface area contributed by atoms with Gasteiger partial charge in [0.2, 0.25) is 0 Å². The molecule has 194 valence electrons. The molecule has 0 unspecified atom stereocenters. The molecule has 7 nitrogen and oxygen atoms in total. The lowest BCUT2D eigenvalue weighted by molar-refractivity contribution is 0.0728. The molecule has 1 aliphatic carbocycles. The van der Waals surface area contributed by atoms with E-state index in [1.165, 1.54) is 58.4 Å². The molecule has 2 aromatic carbocycles. The molecule has 1 N–H and O–H groups in total. The maximum Gasteiger partial charge on any atom is 0.122 e. The Balaban J connectivity index is 1.11. The van der Waals surface area contributed by atoms with Crippen LogP contribution in [0.15, 0.2) is 54.7 Å². The molecule has 0 atom stereocenters. The molecule has 1 saturated carbocycles. The third-order valence-corrected chi connectivity index (χ3v) is 8.40. The Morgan fingerprint density at radius 1 is 0.946 bits per heavy atom. The molecule has 0 radical (unpaired) electrons. The van der Waals surface area contributed by atoms with Gasteiger partial charge in [-0.05, 0) is 56.5 Å². The number of piperazine rings is 1. The average molecular weight is 499 g/mol. The second-order valence-corrected chi connectivity index (χ2v) is 10.5. The van der Waals surface area contributed by atoms with E-state index in [-0.39, 0.29) is 0 Å². The van der Waals surface area contributed by atoms with Gasteiger partial charge in [0.25, 0.3) is 0 Å². The van der Waals surface area contributed by atoms with Gasteiger partial charge in [0.05, 0.1) is 29.9 Å². The van der Waals surface area contributed by atoms with Gasteiger partial charge >= 0.3 is 0 Å². The quantitative estimate of drug-likeness (QED) is 0.382. The van der Waals surface area contributed by atoms with E-state index in [4.69, 9.17) is 14.8 Å². The molecule has 2 aromatic heterocycles. The Bertz CT molecular complexity index is 1330. The first kappa shape index (κ1) is 24.2. The van der Waals surface area contributed by atoms with Crippen LogP contribution in [-0.2, 0) is 6.42 Å². The van der Waals surface area contributed by atoms with E-state index in [9.17, 15) is 0 Å². The number of hydrogen-bond donors (Lipinski definition) is 1. The zero-order valence-electron chi connectivity index (χ0n) is 22.1. The molecule has 37 heavy (non-hydrogen) atoms. The van der Waals surface area contributed by atoms with Gasteiger partial charge in [0.15, 0.2) is 0 Å². The number of likely N-dealkylation sites (N-methyl/N-ethyl adjacent to an activating group) is 1. The zero-order chi connectivity index (χ0) is 25.2. The standard InChI is InChI=1S/C30H38N6O/c1-3-34-16-18-35(19-17-34)24-9-11-25(12-10-24)36-15-14-26(33-36)22-8-13-27-28(20-22)32-30(31-27)21-23-6-4-5-7-29(23)37-2/h4-8,13-15,20,24-25H,3,9-12,16-19,21H2,1-2H3,(H,31,32). The van der Waals surface area contributed by atoms with Crippen molar-refractivity contribution in [3.8, 4) is 17.0 Å². The number of rotatable bonds is 7. The van der Waals surface area contributed by atoms with Crippen LogP contribution in [0, 0.1) is 0 Å². The lowest BCUT2D eigenvalue weighted by Gasteiger charge is -2.41. The minimum Gasteiger partial charge on any atom is -0.496 e. The molecule has 2 aliphatic rings. The van der Waals surface area contributed by atoms with E-state index in [0.717, 1.165) is 45.5 Å². The van der Waals surface area contributed by atoms with Crippen molar-refractivity contribution in [2.75, 3.05) is 39.8 Å². The highest BCUT2D eigenvalue weighted by Gasteiger charge is 2.29. The monoisotopic (exact) mass is 498 g/mol. The van der Waals surface area contributed by atoms with Crippen molar-refractivity contribution >= 4 is 11.0 Å². The lowest BCUT2D eigenvalue weighted by atomic mass is 9.90. The van der Waals surface area contributed by atoms with Gasteiger partial charge in [-0.1, -0.05) is 31.2 Å². The Labute approximate surface area is 219 Å². The molecule has 0 amide bonds. The predicted molar refractivity (Wildman–Crippen MR) is 148 cm³/mol. The van der Waals surface area contributed by atoms with Gasteiger partial charge in [-0.15, -0.1) is 0 Å². The summed E-state index contributed by atoms with van der Waals surface area (Å²) in [6.07, 6.45) is 7.86. The molecule has 4 aromatic rings. The highest BCUT2D eigenvalue weighted by molar-refractivity contribution is 5.81. The third kappa shape index (κ3) is 5.15. The third-order valence-electron chi connectivity index (χ3n) is 8.40. The maximum atomic E-state index is 5.51. The number of aromatic nitrogens is 4. The Kier molecular flexibility index (Phi) is 6.98. The molecular weight excluding hydrogens is 460 g/mol. The van der Waals surface area contributed by atoms with Crippen molar-refractivity contribution in [3.63, 3.8) is 0 Å². The van der Waals surface area contributed by atoms with Crippen LogP contribution >= 0.6 is 0 Å². The molecule has 0 bridgehead atoms. The summed E-state index contributed by atoms with van der Waals surface area (Å²) in [5.41, 5.74) is 5.30. The minimum atomic E-state index is 0.505. The van der Waals surface area contributed by atoms with Gasteiger partial charge in [-0.2, -0.15) is 5.10 Å². The van der Waals surface area contributed by atoms with Gasteiger partial charge in [-0.25, -0.2) is 4.98 Å². The fourth-order valence-electron chi connectivity index (χ4n) is 6.16. The van der Waals surface area contributed by atoms with Crippen molar-refractivity contribution in [1.29, 1.82) is 0 Å². The smallest absolute Gasteiger partial charge is 0.122 e. The Morgan fingerprint density at radius 2 is 1.73 bits per heavy atom. The average Bonchev–Trinajstić information content (AvgIpc) is 3.60. The van der Waals surface area contributed by atoms with Gasteiger partial charge < -0.3 is 14.6 Å². The maximum absolute atomic E-state index is 5.51. The summed E-state index contributed by atoms with van der Waals surface area (Å²) >= 11 is 0. The molecule has 0 spiro atoms. The van der Waals surface area contributed by atoms with Crippen molar-refractivity contribution in [3.05, 3.63) is 66.1 Å². The number of ether oxygens (including phenoxy) is 1. The molecule has 1 aliphatic heterocycles. The first-order valence-electron chi connectivity index (χ1n) is 13.8. The van der Waals surface area contributed by atoms with Crippen molar-refractivity contribution in [1.82, 2.24) is 29.5 Å². The normalized spacial score (nSPS) is 21.5. The molecule has 3 heterocycles. The summed E-state index contributed by atoms with van der Waals surface area (Å²) in [7, 11) is 1.71. The second-order valence-electron chi connectivity index (χ2n) is 10.5. The second kappa shape index (κ2) is 10.7. The van der Waals surface area contributed by atoms with Gasteiger partial charge in [0, 0.05) is 56.0 Å². The summed E-state index contributed by atoms with van der Waals surface area (Å²) in [5, 5.41) is 5.01.